The predicted molar refractivity (Wildman–Crippen MR) is 87.1 cm³/mol. The van der Waals surface area contributed by atoms with E-state index in [1.807, 2.05) is 27.7 Å². The van der Waals surface area contributed by atoms with Gasteiger partial charge in [-0.05, 0) is 45.3 Å². The molecule has 1 saturated heterocycles. The fourth-order valence-electron chi connectivity index (χ4n) is 1.89. The summed E-state index contributed by atoms with van der Waals surface area (Å²) in [6, 6.07) is 1.22. The first kappa shape index (κ1) is 16.8. The molecular weight excluding hydrogens is 311 g/mol. The van der Waals surface area contributed by atoms with Crippen molar-refractivity contribution >= 4 is 37.4 Å². The van der Waals surface area contributed by atoms with Crippen LogP contribution in [0, 0.1) is 5.82 Å². The minimum atomic E-state index is -0.565. The number of hydrogen-bond acceptors (Lipinski definition) is 4. The van der Waals surface area contributed by atoms with Crippen LogP contribution in [0.4, 0.5) is 4.39 Å². The van der Waals surface area contributed by atoms with E-state index in [1.165, 1.54) is 12.3 Å². The Kier molecular flexibility index (Phi) is 4.73. The fraction of sp³-hybridized carbons (Fsp3) is 0.500. The molecule has 0 N–H and O–H groups in total. The van der Waals surface area contributed by atoms with Gasteiger partial charge in [-0.25, -0.2) is 4.39 Å². The molecule has 0 radical (unpaired) electrons. The van der Waals surface area contributed by atoms with E-state index in [-0.39, 0.29) is 10.7 Å². The average molecular weight is 330 g/mol. The number of halogens is 2. The highest BCUT2D eigenvalue weighted by Gasteiger charge is 2.52. The fourth-order valence-corrected chi connectivity index (χ4v) is 2.27. The lowest BCUT2D eigenvalue weighted by Gasteiger charge is -2.32. The molecule has 21 heavy (non-hydrogen) atoms. The lowest BCUT2D eigenvalue weighted by atomic mass is 9.78. The first-order valence-corrected chi connectivity index (χ1v) is 7.65. The van der Waals surface area contributed by atoms with Crippen molar-refractivity contribution in [3.63, 3.8) is 0 Å². The summed E-state index contributed by atoms with van der Waals surface area (Å²) in [5.41, 5.74) is 0.000950. The molecule has 3 nitrogen and oxygen atoms in total. The van der Waals surface area contributed by atoms with Crippen LogP contribution in [-0.4, -0.2) is 29.1 Å². The summed E-state index contributed by atoms with van der Waals surface area (Å²) in [6.45, 7) is 7.85. The first-order valence-electron chi connectivity index (χ1n) is 6.64. The second-order valence-corrected chi connectivity index (χ2v) is 6.74. The monoisotopic (exact) mass is 329 g/mol. The first-order chi connectivity index (χ1) is 9.66. The Balaban J connectivity index is 2.31. The summed E-state index contributed by atoms with van der Waals surface area (Å²) < 4.78 is 25.7. The van der Waals surface area contributed by atoms with Gasteiger partial charge in [-0.1, -0.05) is 11.6 Å². The molecule has 1 aliphatic heterocycles. The van der Waals surface area contributed by atoms with Crippen molar-refractivity contribution in [1.82, 2.24) is 4.98 Å². The predicted octanol–water partition coefficient (Wildman–Crippen LogP) is 3.82. The summed E-state index contributed by atoms with van der Waals surface area (Å²) in [5, 5.41) is 0.257. The van der Waals surface area contributed by atoms with Crippen LogP contribution in [0.25, 0.3) is 6.08 Å². The lowest BCUT2D eigenvalue weighted by molar-refractivity contribution is 0.00578. The molecule has 0 aliphatic carbocycles. The number of pyridine rings is 1. The van der Waals surface area contributed by atoms with Crippen molar-refractivity contribution < 1.29 is 13.7 Å². The number of rotatable bonds is 3. The zero-order valence-electron chi connectivity index (χ0n) is 12.5. The normalized spacial score (nSPS) is 20.9. The van der Waals surface area contributed by atoms with E-state index in [0.717, 1.165) is 0 Å². The smallest absolute Gasteiger partial charge is 0.400 e. The van der Waals surface area contributed by atoms with E-state index in [0.29, 0.717) is 11.2 Å². The summed E-state index contributed by atoms with van der Waals surface area (Å²) in [7, 11) is -0.565. The van der Waals surface area contributed by atoms with Gasteiger partial charge in [0.1, 0.15) is 5.82 Å². The Morgan fingerprint density at radius 2 is 1.95 bits per heavy atom. The van der Waals surface area contributed by atoms with Crippen molar-refractivity contribution in [2.75, 3.05) is 5.75 Å². The second-order valence-electron chi connectivity index (χ2n) is 5.99. The van der Waals surface area contributed by atoms with E-state index in [2.05, 4.69) is 17.6 Å². The van der Waals surface area contributed by atoms with Crippen molar-refractivity contribution in [2.45, 2.75) is 38.9 Å². The van der Waals surface area contributed by atoms with Crippen LogP contribution in [0.2, 0.25) is 5.02 Å². The molecule has 1 aliphatic rings. The van der Waals surface area contributed by atoms with E-state index < -0.39 is 24.1 Å². The molecule has 2 heterocycles. The van der Waals surface area contributed by atoms with Crippen molar-refractivity contribution in [2.24, 2.45) is 0 Å². The van der Waals surface area contributed by atoms with E-state index in [4.69, 9.17) is 20.9 Å². The minimum Gasteiger partial charge on any atom is -0.400 e. The molecule has 1 aromatic heterocycles. The maximum absolute atomic E-state index is 13.8. The molecule has 1 aromatic rings. The van der Waals surface area contributed by atoms with E-state index in [9.17, 15) is 4.39 Å². The van der Waals surface area contributed by atoms with Crippen LogP contribution in [0.15, 0.2) is 17.7 Å². The number of nitrogens with zero attached hydrogens (tertiary/aromatic N) is 1. The molecule has 0 bridgehead atoms. The SMILES string of the molecule is CC1(C)OB(C(=Cc2ncc(Cl)cc2F)CS)OC1(C)C. The number of thiol groups is 1. The summed E-state index contributed by atoms with van der Waals surface area (Å²) in [4.78, 5) is 3.98. The van der Waals surface area contributed by atoms with Crippen molar-refractivity contribution in [3.8, 4) is 0 Å². The van der Waals surface area contributed by atoms with Crippen molar-refractivity contribution in [3.05, 3.63) is 34.3 Å². The van der Waals surface area contributed by atoms with Gasteiger partial charge in [0.25, 0.3) is 0 Å². The van der Waals surface area contributed by atoms with Crippen LogP contribution in [-0.2, 0) is 9.31 Å². The van der Waals surface area contributed by atoms with Gasteiger partial charge < -0.3 is 9.31 Å². The van der Waals surface area contributed by atoms with Crippen LogP contribution < -0.4 is 0 Å². The highest BCUT2D eigenvalue weighted by Crippen LogP contribution is 2.39. The molecule has 0 aromatic carbocycles. The minimum absolute atomic E-state index is 0.193. The molecule has 0 saturated carbocycles. The van der Waals surface area contributed by atoms with E-state index in [1.54, 1.807) is 6.08 Å². The van der Waals surface area contributed by atoms with Gasteiger partial charge in [-0.2, -0.15) is 12.6 Å². The van der Waals surface area contributed by atoms with Crippen LogP contribution in [0.1, 0.15) is 33.4 Å². The third kappa shape index (κ3) is 3.45. The van der Waals surface area contributed by atoms with E-state index >= 15 is 0 Å². The third-order valence-corrected chi connectivity index (χ3v) is 4.47. The molecule has 0 atom stereocenters. The summed E-state index contributed by atoms with van der Waals surface area (Å²) in [5.74, 6) is -0.112. The molecule has 0 unspecified atom stereocenters. The third-order valence-electron chi connectivity index (χ3n) is 3.90. The number of aromatic nitrogens is 1. The maximum Gasteiger partial charge on any atom is 0.491 e. The Morgan fingerprint density at radius 1 is 1.38 bits per heavy atom. The van der Waals surface area contributed by atoms with Gasteiger partial charge in [0.2, 0.25) is 0 Å². The van der Waals surface area contributed by atoms with Crippen LogP contribution in [0.3, 0.4) is 0 Å². The summed E-state index contributed by atoms with van der Waals surface area (Å²) in [6.07, 6.45) is 3.00. The van der Waals surface area contributed by atoms with Gasteiger partial charge in [0, 0.05) is 11.9 Å². The lowest BCUT2D eigenvalue weighted by Crippen LogP contribution is -2.41. The topological polar surface area (TPSA) is 31.4 Å². The van der Waals surface area contributed by atoms with Crippen LogP contribution >= 0.6 is 24.2 Å². The number of hydrogen-bond donors (Lipinski definition) is 1. The zero-order chi connectivity index (χ0) is 15.8. The molecule has 0 amide bonds. The Labute approximate surface area is 135 Å². The zero-order valence-corrected chi connectivity index (χ0v) is 14.1. The van der Waals surface area contributed by atoms with Gasteiger partial charge in [-0.15, -0.1) is 0 Å². The van der Waals surface area contributed by atoms with Gasteiger partial charge in [-0.3, -0.25) is 4.98 Å². The molecule has 0 spiro atoms. The highest BCUT2D eigenvalue weighted by molar-refractivity contribution is 7.80. The van der Waals surface area contributed by atoms with Gasteiger partial charge in [0.15, 0.2) is 0 Å². The Morgan fingerprint density at radius 3 is 2.43 bits per heavy atom. The molecule has 1 fully saturated rings. The Bertz CT molecular complexity index is 564. The van der Waals surface area contributed by atoms with Crippen molar-refractivity contribution in [1.29, 1.82) is 0 Å². The molecular formula is C14H18BClFNO2S. The second kappa shape index (κ2) is 5.91. The Hall–Kier alpha value is -0.555. The average Bonchev–Trinajstić information content (AvgIpc) is 2.57. The maximum atomic E-state index is 13.8. The molecule has 2 rings (SSSR count). The molecule has 7 heteroatoms. The van der Waals surface area contributed by atoms with Gasteiger partial charge in [0.05, 0.1) is 21.9 Å². The molecule has 114 valence electrons. The quantitative estimate of drug-likeness (QED) is 0.676. The van der Waals surface area contributed by atoms with Crippen LogP contribution in [0.5, 0.6) is 0 Å². The largest absolute Gasteiger partial charge is 0.491 e. The standard InChI is InChI=1S/C14H18BClFNO2S/c1-13(2)14(3,4)20-15(19-13)9(8-21)5-12-11(17)6-10(16)7-18-12/h5-7,21H,8H2,1-4H3. The van der Waals surface area contributed by atoms with Gasteiger partial charge >= 0.3 is 7.12 Å². The highest BCUT2D eigenvalue weighted by atomic mass is 35.5. The summed E-state index contributed by atoms with van der Waals surface area (Å²) >= 11 is 9.99.